The number of anilines is 2. The van der Waals surface area contributed by atoms with Gasteiger partial charge in [0.05, 0.1) is 0 Å². The van der Waals surface area contributed by atoms with Crippen molar-refractivity contribution in [2.75, 3.05) is 30.0 Å². The molecule has 5 rings (SSSR count). The Bertz CT molecular complexity index is 2070. The van der Waals surface area contributed by atoms with Gasteiger partial charge in [0.2, 0.25) is 0 Å². The topological polar surface area (TPSA) is 131 Å². The number of methoxy groups -OCH3 is 1. The Morgan fingerprint density at radius 3 is 1.70 bits per heavy atom. The number of carbonyl (C=O) groups is 1. The molecule has 11 nitrogen and oxygen atoms in total. The first-order valence-corrected chi connectivity index (χ1v) is 21.8. The number of benzene rings is 4. The molecule has 4 aromatic carbocycles. The fraction of sp³-hybridized carbons (Fsp3) is 0.250. The van der Waals surface area contributed by atoms with Crippen molar-refractivity contribution in [1.82, 2.24) is 5.32 Å². The average Bonchev–Trinajstić information content (AvgIpc) is 3.46. The minimum absolute atomic E-state index is 0.159. The van der Waals surface area contributed by atoms with Crippen LogP contribution in [0.2, 0.25) is 0 Å². The second-order valence-electron chi connectivity index (χ2n) is 12.2. The number of halogens is 2. The van der Waals surface area contributed by atoms with E-state index in [0.717, 1.165) is 50.8 Å². The molecule has 50 heavy (non-hydrogen) atoms. The zero-order valence-corrected chi connectivity index (χ0v) is 31.9. The van der Waals surface area contributed by atoms with Gasteiger partial charge in [-0.2, -0.15) is 0 Å². The van der Waals surface area contributed by atoms with Gasteiger partial charge in [-0.3, -0.25) is 0 Å². The molecule has 0 spiro atoms. The molecule has 1 aliphatic rings. The molecule has 0 radical (unpaired) electrons. The molecule has 0 atom stereocenters. The second kappa shape index (κ2) is 14.4. The summed E-state index contributed by atoms with van der Waals surface area (Å²) < 4.78 is 7.28. The number of nitro benzene ring substituents is 2. The molecule has 1 amide bonds. The molecule has 0 bridgehead atoms. The van der Waals surface area contributed by atoms with Crippen molar-refractivity contribution in [3.63, 3.8) is 0 Å². The number of nitrogens with zero attached hydrogens (tertiary/aromatic N) is 4. The number of hydrogen-bond donors (Lipinski definition) is 1. The summed E-state index contributed by atoms with van der Waals surface area (Å²) in [6.45, 7) is 13.4. The van der Waals surface area contributed by atoms with E-state index in [1.165, 1.54) is 30.0 Å². The monoisotopic (exact) mass is 807 g/mol. The van der Waals surface area contributed by atoms with E-state index in [1.54, 1.807) is 12.1 Å². The Balaban J connectivity index is 1.72. The summed E-state index contributed by atoms with van der Waals surface area (Å²) in [7, 11) is 16.3. The molecular weight excluding hydrogens is 770 g/mol. The van der Waals surface area contributed by atoms with Gasteiger partial charge in [-0.05, 0) is 0 Å². The normalized spacial score (nSPS) is 13.3. The van der Waals surface area contributed by atoms with E-state index in [2.05, 4.69) is 39.4 Å². The molecule has 4 aromatic rings. The van der Waals surface area contributed by atoms with E-state index in [4.69, 9.17) is 24.1 Å². The first-order chi connectivity index (χ1) is 23.5. The molecule has 0 unspecified atom stereocenters. The van der Waals surface area contributed by atoms with Crippen LogP contribution >= 0.6 is 19.4 Å². The Morgan fingerprint density at radius 1 is 0.800 bits per heavy atom. The number of nitrogens with one attached hydrogen (secondary N) is 1. The van der Waals surface area contributed by atoms with Crippen LogP contribution in [0.25, 0.3) is 11.1 Å². The molecule has 0 saturated carbocycles. The second-order valence-corrected chi connectivity index (χ2v) is 21.4. The number of ether oxygens (including phenoxy) is 1. The van der Waals surface area contributed by atoms with Gasteiger partial charge in [-0.25, -0.2) is 0 Å². The predicted molar refractivity (Wildman–Crippen MR) is 198 cm³/mol. The van der Waals surface area contributed by atoms with E-state index >= 15 is 0 Å². The number of hydrogen-bond acceptors (Lipinski definition) is 8. The molecule has 14 heteroatoms. The molecule has 1 heterocycles. The van der Waals surface area contributed by atoms with E-state index in [1.807, 2.05) is 41.5 Å². The van der Waals surface area contributed by atoms with Crippen molar-refractivity contribution in [2.24, 2.45) is 0 Å². The van der Waals surface area contributed by atoms with Crippen LogP contribution in [-0.2, 0) is 11.9 Å². The van der Waals surface area contributed by atoms with Gasteiger partial charge >= 0.3 is 302 Å². The van der Waals surface area contributed by atoms with Crippen LogP contribution in [0.4, 0.5) is 22.7 Å². The summed E-state index contributed by atoms with van der Waals surface area (Å²) >= 11 is -4.18. The van der Waals surface area contributed by atoms with Crippen molar-refractivity contribution in [3.8, 4) is 16.9 Å². The Kier molecular flexibility index (Phi) is 10.6. The van der Waals surface area contributed by atoms with Gasteiger partial charge in [0, 0.05) is 0 Å². The molecule has 1 N–H and O–H groups in total. The number of amides is 1. The Morgan fingerprint density at radius 2 is 1.28 bits per heavy atom. The number of nitro groups is 2. The summed E-state index contributed by atoms with van der Waals surface area (Å²) in [5.41, 5.74) is 6.69. The number of aryl methyl sites for hydroxylation is 6. The van der Waals surface area contributed by atoms with Crippen LogP contribution in [0.5, 0.6) is 5.75 Å². The molecule has 0 aromatic heterocycles. The summed E-state index contributed by atoms with van der Waals surface area (Å²) in [5.74, 6) is -0.300. The first kappa shape index (κ1) is 36.8. The van der Waals surface area contributed by atoms with Crippen molar-refractivity contribution < 1.29 is 31.3 Å². The zero-order chi connectivity index (χ0) is 36.7. The fourth-order valence-electron chi connectivity index (χ4n) is 6.76. The summed E-state index contributed by atoms with van der Waals surface area (Å²) in [5, 5.41) is 26.9. The quantitative estimate of drug-likeness (QED) is 0.107. The molecule has 264 valence electrons. The van der Waals surface area contributed by atoms with Crippen LogP contribution in [0.15, 0.2) is 60.7 Å². The van der Waals surface area contributed by atoms with Crippen LogP contribution in [-0.4, -0.2) is 45.0 Å². The molecular formula is C36H37Cl2N5O6Ru. The summed E-state index contributed by atoms with van der Waals surface area (Å²) in [6.07, 6.45) is 0. The zero-order valence-electron chi connectivity index (χ0n) is 28.6. The predicted octanol–water partition coefficient (Wildman–Crippen LogP) is 8.09. The number of rotatable bonds is 8. The number of carbonyl (C=O) groups excluding carboxylic acids is 1. The van der Waals surface area contributed by atoms with Crippen LogP contribution in [0, 0.1) is 61.8 Å². The fourth-order valence-corrected chi connectivity index (χ4v) is 11.7. The molecule has 1 saturated heterocycles. The summed E-state index contributed by atoms with van der Waals surface area (Å²) in [6, 6.07) is 16.7. The van der Waals surface area contributed by atoms with Gasteiger partial charge in [-0.15, -0.1) is 0 Å². The van der Waals surface area contributed by atoms with Gasteiger partial charge in [0.25, 0.3) is 0 Å². The van der Waals surface area contributed by atoms with E-state index in [-0.39, 0.29) is 16.7 Å². The van der Waals surface area contributed by atoms with Gasteiger partial charge < -0.3 is 0 Å². The van der Waals surface area contributed by atoms with Crippen LogP contribution in [0.3, 0.4) is 0 Å². The van der Waals surface area contributed by atoms with Crippen LogP contribution in [0.1, 0.15) is 43.7 Å². The maximum atomic E-state index is 14.0. The summed E-state index contributed by atoms with van der Waals surface area (Å²) in [4.78, 5) is 40.7. The average molecular weight is 808 g/mol. The molecule has 1 aliphatic heterocycles. The third-order valence-corrected chi connectivity index (χ3v) is 13.7. The van der Waals surface area contributed by atoms with Crippen molar-refractivity contribution in [2.45, 2.75) is 41.5 Å². The maximum absolute atomic E-state index is 14.0. The van der Waals surface area contributed by atoms with Crippen molar-refractivity contribution in [1.29, 1.82) is 0 Å². The Hall–Kier alpha value is -4.51. The third kappa shape index (κ3) is 7.06. The SMILES string of the molecule is COc1ccc(-c2c(C(=O)N[CH]=[Ru]([Cl])([Cl])=[C]3N(c4c(C)cc(C)cc4C)CCN3c3c(C)cc(C)cc3C)ccc([N+](=O)[O-])c2[N+](=O)[O-])cc1. The Labute approximate surface area is 300 Å². The van der Waals surface area contributed by atoms with Gasteiger partial charge in [-0.1, -0.05) is 0 Å². The van der Waals surface area contributed by atoms with Crippen molar-refractivity contribution in [3.05, 3.63) is 120 Å². The van der Waals surface area contributed by atoms with Gasteiger partial charge in [0.1, 0.15) is 0 Å². The third-order valence-electron chi connectivity index (χ3n) is 8.47. The van der Waals surface area contributed by atoms with Crippen molar-refractivity contribution >= 4 is 57.1 Å². The first-order valence-electron chi connectivity index (χ1n) is 15.5. The molecule has 1 fully saturated rings. The van der Waals surface area contributed by atoms with E-state index in [0.29, 0.717) is 23.2 Å². The standard InChI is InChI=1S/C21H26N2.C15H11N3O6.2ClH.Ru/c1-14-9-16(3)20(17(4)10-14)22-7-8-23(13-22)21-18(5)11-15(2)12-19(21)6;1-16-15(19)11-7-8-12(17(20)21)14(18(22)23)13(11)9-3-5-10(24-2)6-4-9;;;/h9-12H,7-8H2,1-6H3;1,3-8H,2H3,(H,16,19);2*1H;/q;;;;+2/p-2. The minimum atomic E-state index is -4.18. The van der Waals surface area contributed by atoms with Crippen LogP contribution < -0.4 is 19.9 Å². The molecule has 0 aliphatic carbocycles. The van der Waals surface area contributed by atoms with E-state index in [9.17, 15) is 25.0 Å². The van der Waals surface area contributed by atoms with Gasteiger partial charge in [0.15, 0.2) is 0 Å². The van der Waals surface area contributed by atoms with E-state index < -0.39 is 39.0 Å².